The summed E-state index contributed by atoms with van der Waals surface area (Å²) in [6.45, 7) is 3.03. The Balaban J connectivity index is 2.40. The Labute approximate surface area is 96.3 Å². The zero-order valence-corrected chi connectivity index (χ0v) is 9.94. The topological polar surface area (TPSA) is 46.6 Å². The number of allylic oxidation sites excluding steroid dienone is 2. The van der Waals surface area contributed by atoms with E-state index in [0.29, 0.717) is 13.1 Å². The first-order chi connectivity index (χ1) is 7.69. The number of nitrogens with zero attached hydrogens (tertiary/aromatic N) is 1. The lowest BCUT2D eigenvalue weighted by atomic mass is 10.1. The van der Waals surface area contributed by atoms with E-state index in [1.807, 2.05) is 19.1 Å². The summed E-state index contributed by atoms with van der Waals surface area (Å²) in [5, 5.41) is 0. The van der Waals surface area contributed by atoms with Crippen LogP contribution >= 0.6 is 0 Å². The van der Waals surface area contributed by atoms with Crippen molar-refractivity contribution in [1.29, 1.82) is 0 Å². The molecule has 4 nitrogen and oxygen atoms in total. The van der Waals surface area contributed by atoms with Gasteiger partial charge in [0.15, 0.2) is 0 Å². The van der Waals surface area contributed by atoms with Crippen molar-refractivity contribution in [2.45, 2.75) is 26.2 Å². The standard InChI is InChI=1S/C12H19NO3/c1-3-13(9-8-11(14)16-2)12(15)10-6-4-5-7-10/h4-5,10H,3,6-9H2,1-2H3. The number of rotatable bonds is 5. The minimum Gasteiger partial charge on any atom is -0.469 e. The third-order valence-electron chi connectivity index (χ3n) is 2.86. The molecule has 0 aromatic heterocycles. The molecule has 4 heteroatoms. The van der Waals surface area contributed by atoms with E-state index in [1.54, 1.807) is 4.90 Å². The SMILES string of the molecule is CCN(CCC(=O)OC)C(=O)C1CC=CC1. The normalized spacial score (nSPS) is 15.1. The van der Waals surface area contributed by atoms with Crippen LogP contribution < -0.4 is 0 Å². The number of carbonyl (C=O) groups is 2. The molecular weight excluding hydrogens is 206 g/mol. The highest BCUT2D eigenvalue weighted by molar-refractivity contribution is 5.80. The Bertz CT molecular complexity index is 278. The smallest absolute Gasteiger partial charge is 0.307 e. The monoisotopic (exact) mass is 225 g/mol. The van der Waals surface area contributed by atoms with Crippen molar-refractivity contribution in [2.75, 3.05) is 20.2 Å². The summed E-state index contributed by atoms with van der Waals surface area (Å²) in [4.78, 5) is 24.7. The van der Waals surface area contributed by atoms with Gasteiger partial charge in [0, 0.05) is 19.0 Å². The van der Waals surface area contributed by atoms with Crippen molar-refractivity contribution in [2.24, 2.45) is 5.92 Å². The van der Waals surface area contributed by atoms with Gasteiger partial charge in [-0.3, -0.25) is 9.59 Å². The molecule has 90 valence electrons. The fraction of sp³-hybridized carbons (Fsp3) is 0.667. The van der Waals surface area contributed by atoms with Gasteiger partial charge in [-0.25, -0.2) is 0 Å². The molecule has 0 radical (unpaired) electrons. The zero-order valence-electron chi connectivity index (χ0n) is 9.94. The highest BCUT2D eigenvalue weighted by Gasteiger charge is 2.24. The van der Waals surface area contributed by atoms with Crippen LogP contribution in [0.1, 0.15) is 26.2 Å². The van der Waals surface area contributed by atoms with Crippen molar-refractivity contribution in [3.8, 4) is 0 Å². The van der Waals surface area contributed by atoms with Crippen LogP contribution in [0.3, 0.4) is 0 Å². The molecule has 16 heavy (non-hydrogen) atoms. The molecule has 0 aromatic carbocycles. The molecule has 0 saturated carbocycles. The summed E-state index contributed by atoms with van der Waals surface area (Å²) >= 11 is 0. The van der Waals surface area contributed by atoms with Crippen molar-refractivity contribution in [3.05, 3.63) is 12.2 Å². The van der Waals surface area contributed by atoms with Gasteiger partial charge in [0.25, 0.3) is 0 Å². The number of amides is 1. The molecule has 0 unspecified atom stereocenters. The number of hydrogen-bond donors (Lipinski definition) is 0. The molecule has 0 aromatic rings. The number of hydrogen-bond acceptors (Lipinski definition) is 3. The molecule has 0 aliphatic heterocycles. The van der Waals surface area contributed by atoms with E-state index in [2.05, 4.69) is 4.74 Å². The third kappa shape index (κ3) is 3.36. The number of esters is 1. The van der Waals surface area contributed by atoms with Crippen LogP contribution in [0.15, 0.2) is 12.2 Å². The lowest BCUT2D eigenvalue weighted by molar-refractivity contribution is -0.142. The Morgan fingerprint density at radius 3 is 2.50 bits per heavy atom. The highest BCUT2D eigenvalue weighted by atomic mass is 16.5. The first-order valence-corrected chi connectivity index (χ1v) is 5.69. The lowest BCUT2D eigenvalue weighted by Crippen LogP contribution is -2.36. The lowest BCUT2D eigenvalue weighted by Gasteiger charge is -2.23. The largest absolute Gasteiger partial charge is 0.469 e. The van der Waals surface area contributed by atoms with Gasteiger partial charge in [0.2, 0.25) is 5.91 Å². The second-order valence-corrected chi connectivity index (χ2v) is 3.88. The van der Waals surface area contributed by atoms with E-state index in [1.165, 1.54) is 7.11 Å². The molecular formula is C12H19NO3. The summed E-state index contributed by atoms with van der Waals surface area (Å²) < 4.78 is 4.56. The second-order valence-electron chi connectivity index (χ2n) is 3.88. The third-order valence-corrected chi connectivity index (χ3v) is 2.86. The molecule has 1 aliphatic rings. The maximum atomic E-state index is 12.0. The van der Waals surface area contributed by atoms with Crippen molar-refractivity contribution in [1.82, 2.24) is 4.90 Å². The molecule has 0 atom stereocenters. The van der Waals surface area contributed by atoms with Gasteiger partial charge >= 0.3 is 5.97 Å². The molecule has 0 N–H and O–H groups in total. The first kappa shape index (κ1) is 12.7. The van der Waals surface area contributed by atoms with E-state index < -0.39 is 0 Å². The van der Waals surface area contributed by atoms with Crippen molar-refractivity contribution >= 4 is 11.9 Å². The van der Waals surface area contributed by atoms with Gasteiger partial charge in [-0.15, -0.1) is 0 Å². The minimum absolute atomic E-state index is 0.0811. The van der Waals surface area contributed by atoms with E-state index in [0.717, 1.165) is 12.8 Å². The molecule has 1 rings (SSSR count). The molecule has 1 aliphatic carbocycles. The van der Waals surface area contributed by atoms with Gasteiger partial charge in [-0.05, 0) is 19.8 Å². The molecule has 0 fully saturated rings. The minimum atomic E-state index is -0.268. The average Bonchev–Trinajstić information content (AvgIpc) is 2.82. The Kier molecular flexibility index (Phi) is 5.02. The van der Waals surface area contributed by atoms with Crippen LogP contribution in [0.4, 0.5) is 0 Å². The summed E-state index contributed by atoms with van der Waals surface area (Å²) in [5.74, 6) is -0.0372. The number of carbonyl (C=O) groups excluding carboxylic acids is 2. The van der Waals surface area contributed by atoms with E-state index in [9.17, 15) is 9.59 Å². The van der Waals surface area contributed by atoms with E-state index >= 15 is 0 Å². The van der Waals surface area contributed by atoms with Crippen LogP contribution in [0.25, 0.3) is 0 Å². The fourth-order valence-corrected chi connectivity index (χ4v) is 1.83. The predicted molar refractivity (Wildman–Crippen MR) is 60.8 cm³/mol. The fourth-order valence-electron chi connectivity index (χ4n) is 1.83. The highest BCUT2D eigenvalue weighted by Crippen LogP contribution is 2.20. The van der Waals surface area contributed by atoms with Crippen LogP contribution in [0.2, 0.25) is 0 Å². The van der Waals surface area contributed by atoms with Gasteiger partial charge in [-0.1, -0.05) is 12.2 Å². The molecule has 0 saturated heterocycles. The zero-order chi connectivity index (χ0) is 12.0. The van der Waals surface area contributed by atoms with Crippen molar-refractivity contribution < 1.29 is 14.3 Å². The maximum absolute atomic E-state index is 12.0. The van der Waals surface area contributed by atoms with Gasteiger partial charge < -0.3 is 9.64 Å². The van der Waals surface area contributed by atoms with Gasteiger partial charge in [0.05, 0.1) is 13.5 Å². The van der Waals surface area contributed by atoms with E-state index in [4.69, 9.17) is 0 Å². The molecule has 0 spiro atoms. The summed E-state index contributed by atoms with van der Waals surface area (Å²) in [6.07, 6.45) is 6.00. The van der Waals surface area contributed by atoms with Gasteiger partial charge in [0.1, 0.15) is 0 Å². The Morgan fingerprint density at radius 2 is 2.00 bits per heavy atom. The first-order valence-electron chi connectivity index (χ1n) is 5.69. The second kappa shape index (κ2) is 6.30. The molecule has 0 heterocycles. The Morgan fingerprint density at radius 1 is 1.38 bits per heavy atom. The van der Waals surface area contributed by atoms with Gasteiger partial charge in [-0.2, -0.15) is 0 Å². The predicted octanol–water partition coefficient (Wildman–Crippen LogP) is 1.36. The van der Waals surface area contributed by atoms with Crippen LogP contribution in [-0.2, 0) is 14.3 Å². The van der Waals surface area contributed by atoms with Crippen molar-refractivity contribution in [3.63, 3.8) is 0 Å². The number of ether oxygens (including phenoxy) is 1. The molecule has 1 amide bonds. The summed E-state index contributed by atoms with van der Waals surface area (Å²) in [5.41, 5.74) is 0. The quantitative estimate of drug-likeness (QED) is 0.524. The summed E-state index contributed by atoms with van der Waals surface area (Å²) in [6, 6.07) is 0. The number of methoxy groups -OCH3 is 1. The Hall–Kier alpha value is -1.32. The molecule has 0 bridgehead atoms. The maximum Gasteiger partial charge on any atom is 0.307 e. The van der Waals surface area contributed by atoms with Crippen LogP contribution in [0.5, 0.6) is 0 Å². The van der Waals surface area contributed by atoms with E-state index in [-0.39, 0.29) is 24.2 Å². The average molecular weight is 225 g/mol. The van der Waals surface area contributed by atoms with Crippen LogP contribution in [0, 0.1) is 5.92 Å². The summed E-state index contributed by atoms with van der Waals surface area (Å²) in [7, 11) is 1.36. The van der Waals surface area contributed by atoms with Crippen LogP contribution in [-0.4, -0.2) is 37.0 Å².